The fraction of sp³-hybridized carbons (Fsp3) is 0.467. The topological polar surface area (TPSA) is 47.1 Å². The van der Waals surface area contributed by atoms with E-state index >= 15 is 0 Å². The molecule has 0 aliphatic rings. The Labute approximate surface area is 128 Å². The molecule has 0 fully saturated rings. The van der Waals surface area contributed by atoms with Crippen LogP contribution in [0.4, 0.5) is 0 Å². The molecule has 0 amide bonds. The standard InChI is InChI=1S/C15H21N5S/c1-10(2)8-16-9-13-14(17-15-19(13)5-6-21-15)20-12(4)7-11(3)18-20/h5-7,10,16H,8-9H2,1-4H3. The Morgan fingerprint density at radius 2 is 2.14 bits per heavy atom. The Morgan fingerprint density at radius 1 is 1.33 bits per heavy atom. The lowest BCUT2D eigenvalue weighted by Crippen LogP contribution is -2.21. The SMILES string of the molecule is Cc1cc(C)n(-c2nc3sccn3c2CNCC(C)C)n1. The fourth-order valence-electron chi connectivity index (χ4n) is 2.48. The molecule has 3 heterocycles. The van der Waals surface area contributed by atoms with Crippen LogP contribution in [0.1, 0.15) is 30.9 Å². The molecule has 0 aliphatic heterocycles. The minimum absolute atomic E-state index is 0.632. The predicted molar refractivity (Wildman–Crippen MR) is 86.2 cm³/mol. The van der Waals surface area contributed by atoms with E-state index in [1.54, 1.807) is 11.3 Å². The highest BCUT2D eigenvalue weighted by Gasteiger charge is 2.17. The summed E-state index contributed by atoms with van der Waals surface area (Å²) in [5, 5.41) is 10.2. The fourth-order valence-corrected chi connectivity index (χ4v) is 3.21. The summed E-state index contributed by atoms with van der Waals surface area (Å²) >= 11 is 1.65. The zero-order chi connectivity index (χ0) is 15.0. The molecule has 3 rings (SSSR count). The number of aryl methyl sites for hydroxylation is 2. The van der Waals surface area contributed by atoms with Crippen molar-refractivity contribution in [1.29, 1.82) is 0 Å². The van der Waals surface area contributed by atoms with Crippen LogP contribution in [0.15, 0.2) is 17.6 Å². The first-order chi connectivity index (χ1) is 10.1. The molecular weight excluding hydrogens is 282 g/mol. The van der Waals surface area contributed by atoms with Crippen molar-refractivity contribution in [3.05, 3.63) is 34.7 Å². The van der Waals surface area contributed by atoms with E-state index in [9.17, 15) is 0 Å². The monoisotopic (exact) mass is 303 g/mol. The van der Waals surface area contributed by atoms with Gasteiger partial charge in [0.2, 0.25) is 0 Å². The highest BCUT2D eigenvalue weighted by atomic mass is 32.1. The molecule has 3 aromatic rings. The van der Waals surface area contributed by atoms with Crippen molar-refractivity contribution in [1.82, 2.24) is 24.5 Å². The van der Waals surface area contributed by atoms with Crippen molar-refractivity contribution in [3.8, 4) is 5.82 Å². The van der Waals surface area contributed by atoms with Crippen LogP contribution in [0.3, 0.4) is 0 Å². The van der Waals surface area contributed by atoms with Crippen molar-refractivity contribution in [2.24, 2.45) is 5.92 Å². The average Bonchev–Trinajstić information content (AvgIpc) is 3.05. The number of nitrogens with one attached hydrogen (secondary N) is 1. The van der Waals surface area contributed by atoms with Crippen LogP contribution in [0.2, 0.25) is 0 Å². The van der Waals surface area contributed by atoms with E-state index in [4.69, 9.17) is 4.98 Å². The second-order valence-electron chi connectivity index (χ2n) is 5.80. The molecule has 0 saturated heterocycles. The third-order valence-electron chi connectivity index (χ3n) is 3.40. The molecule has 0 spiro atoms. The first-order valence-corrected chi connectivity index (χ1v) is 8.13. The van der Waals surface area contributed by atoms with Gasteiger partial charge in [0.15, 0.2) is 10.8 Å². The summed E-state index contributed by atoms with van der Waals surface area (Å²) in [6.45, 7) is 10.3. The first-order valence-electron chi connectivity index (χ1n) is 7.25. The van der Waals surface area contributed by atoms with Crippen molar-refractivity contribution in [2.75, 3.05) is 6.54 Å². The molecule has 0 radical (unpaired) electrons. The van der Waals surface area contributed by atoms with Gasteiger partial charge in [-0.05, 0) is 32.4 Å². The summed E-state index contributed by atoms with van der Waals surface area (Å²) in [4.78, 5) is 5.77. The largest absolute Gasteiger partial charge is 0.311 e. The zero-order valence-corrected chi connectivity index (χ0v) is 13.7. The molecule has 6 heteroatoms. The van der Waals surface area contributed by atoms with Gasteiger partial charge in [-0.2, -0.15) is 10.1 Å². The summed E-state index contributed by atoms with van der Waals surface area (Å²) in [7, 11) is 0. The van der Waals surface area contributed by atoms with E-state index in [1.165, 1.54) is 0 Å². The summed E-state index contributed by atoms with van der Waals surface area (Å²) in [5.74, 6) is 1.57. The zero-order valence-electron chi connectivity index (χ0n) is 12.9. The van der Waals surface area contributed by atoms with Gasteiger partial charge < -0.3 is 5.32 Å². The number of imidazole rings is 1. The third-order valence-corrected chi connectivity index (χ3v) is 4.15. The van der Waals surface area contributed by atoms with Gasteiger partial charge in [0, 0.05) is 23.8 Å². The second-order valence-corrected chi connectivity index (χ2v) is 6.67. The smallest absolute Gasteiger partial charge is 0.196 e. The van der Waals surface area contributed by atoms with E-state index in [-0.39, 0.29) is 0 Å². The van der Waals surface area contributed by atoms with Crippen LogP contribution >= 0.6 is 11.3 Å². The highest BCUT2D eigenvalue weighted by Crippen LogP contribution is 2.21. The molecule has 0 unspecified atom stereocenters. The summed E-state index contributed by atoms with van der Waals surface area (Å²) in [5.41, 5.74) is 3.30. The summed E-state index contributed by atoms with van der Waals surface area (Å²) < 4.78 is 4.10. The molecule has 0 aromatic carbocycles. The van der Waals surface area contributed by atoms with Gasteiger partial charge in [-0.25, -0.2) is 4.68 Å². The lowest BCUT2D eigenvalue weighted by atomic mass is 10.2. The Hall–Kier alpha value is -1.66. The molecule has 0 bridgehead atoms. The molecule has 0 saturated carbocycles. The number of thiazole rings is 1. The van der Waals surface area contributed by atoms with Gasteiger partial charge in [0.05, 0.1) is 11.4 Å². The van der Waals surface area contributed by atoms with Crippen LogP contribution in [0.25, 0.3) is 10.8 Å². The number of hydrogen-bond donors (Lipinski definition) is 1. The van der Waals surface area contributed by atoms with Crippen LogP contribution in [0, 0.1) is 19.8 Å². The summed E-state index contributed by atoms with van der Waals surface area (Å²) in [6, 6.07) is 2.08. The molecule has 0 atom stereocenters. The predicted octanol–water partition coefficient (Wildman–Crippen LogP) is 2.94. The van der Waals surface area contributed by atoms with E-state index < -0.39 is 0 Å². The number of hydrogen-bond acceptors (Lipinski definition) is 4. The van der Waals surface area contributed by atoms with E-state index in [2.05, 4.69) is 53.2 Å². The maximum atomic E-state index is 4.76. The van der Waals surface area contributed by atoms with Gasteiger partial charge in [-0.1, -0.05) is 13.8 Å². The molecule has 112 valence electrons. The van der Waals surface area contributed by atoms with Gasteiger partial charge >= 0.3 is 0 Å². The van der Waals surface area contributed by atoms with Crippen LogP contribution in [0.5, 0.6) is 0 Å². The Kier molecular flexibility index (Phi) is 3.82. The van der Waals surface area contributed by atoms with E-state index in [0.29, 0.717) is 5.92 Å². The van der Waals surface area contributed by atoms with Gasteiger partial charge in [0.25, 0.3) is 0 Å². The molecule has 0 aliphatic carbocycles. The second kappa shape index (κ2) is 5.61. The maximum absolute atomic E-state index is 4.76. The first kappa shape index (κ1) is 14.3. The summed E-state index contributed by atoms with van der Waals surface area (Å²) in [6.07, 6.45) is 2.08. The third kappa shape index (κ3) is 2.73. The van der Waals surface area contributed by atoms with Crippen molar-refractivity contribution in [2.45, 2.75) is 34.2 Å². The van der Waals surface area contributed by atoms with Gasteiger partial charge in [-0.15, -0.1) is 11.3 Å². The minimum Gasteiger partial charge on any atom is -0.311 e. The van der Waals surface area contributed by atoms with Crippen molar-refractivity contribution < 1.29 is 0 Å². The van der Waals surface area contributed by atoms with Crippen LogP contribution < -0.4 is 5.32 Å². The molecular formula is C15H21N5S. The average molecular weight is 303 g/mol. The minimum atomic E-state index is 0.632. The number of nitrogens with zero attached hydrogens (tertiary/aromatic N) is 4. The van der Waals surface area contributed by atoms with Crippen molar-refractivity contribution in [3.63, 3.8) is 0 Å². The van der Waals surface area contributed by atoms with E-state index in [1.807, 2.05) is 11.6 Å². The maximum Gasteiger partial charge on any atom is 0.196 e. The molecule has 21 heavy (non-hydrogen) atoms. The highest BCUT2D eigenvalue weighted by molar-refractivity contribution is 7.15. The quantitative estimate of drug-likeness (QED) is 0.788. The number of fused-ring (bicyclic) bond motifs is 1. The Bertz CT molecular complexity index is 749. The normalized spacial score (nSPS) is 11.9. The Balaban J connectivity index is 2.01. The van der Waals surface area contributed by atoms with E-state index in [0.717, 1.165) is 41.0 Å². The van der Waals surface area contributed by atoms with Gasteiger partial charge in [-0.3, -0.25) is 4.40 Å². The Morgan fingerprint density at radius 3 is 2.81 bits per heavy atom. The lowest BCUT2D eigenvalue weighted by molar-refractivity contribution is 0.545. The van der Waals surface area contributed by atoms with Crippen LogP contribution in [-0.2, 0) is 6.54 Å². The molecule has 3 aromatic heterocycles. The van der Waals surface area contributed by atoms with Gasteiger partial charge in [0.1, 0.15) is 0 Å². The van der Waals surface area contributed by atoms with Crippen LogP contribution in [-0.4, -0.2) is 25.7 Å². The lowest BCUT2D eigenvalue weighted by Gasteiger charge is -2.09. The molecule has 5 nitrogen and oxygen atoms in total. The number of rotatable bonds is 5. The number of aromatic nitrogens is 4. The van der Waals surface area contributed by atoms with Crippen molar-refractivity contribution >= 4 is 16.3 Å². The molecule has 1 N–H and O–H groups in total.